The van der Waals surface area contributed by atoms with E-state index >= 15 is 0 Å². The zero-order valence-corrected chi connectivity index (χ0v) is 10.2. The van der Waals surface area contributed by atoms with E-state index in [9.17, 15) is 9.59 Å². The van der Waals surface area contributed by atoms with Crippen molar-refractivity contribution >= 4 is 11.8 Å². The van der Waals surface area contributed by atoms with E-state index < -0.39 is 5.97 Å². The molecule has 1 heterocycles. The first-order chi connectivity index (χ1) is 9.16. The zero-order chi connectivity index (χ0) is 13.7. The first-order valence-electron chi connectivity index (χ1n) is 5.93. The Morgan fingerprint density at radius 1 is 1.05 bits per heavy atom. The van der Waals surface area contributed by atoms with Crippen molar-refractivity contribution in [2.24, 2.45) is 0 Å². The van der Waals surface area contributed by atoms with Gasteiger partial charge >= 0.3 is 5.97 Å². The summed E-state index contributed by atoms with van der Waals surface area (Å²) in [5.41, 5.74) is 1.41. The Kier molecular flexibility index (Phi) is 4.03. The van der Waals surface area contributed by atoms with Crippen LogP contribution in [0.5, 0.6) is 0 Å². The van der Waals surface area contributed by atoms with Crippen molar-refractivity contribution in [1.29, 1.82) is 0 Å². The van der Waals surface area contributed by atoms with Gasteiger partial charge in [0.1, 0.15) is 0 Å². The summed E-state index contributed by atoms with van der Waals surface area (Å²) in [5.74, 6) is -1.10. The van der Waals surface area contributed by atoms with Crippen LogP contribution in [0.4, 0.5) is 0 Å². The number of aromatic carboxylic acids is 1. The summed E-state index contributed by atoms with van der Waals surface area (Å²) in [6.45, 7) is 0. The molecule has 0 radical (unpaired) electrons. The highest BCUT2D eigenvalue weighted by atomic mass is 16.4. The van der Waals surface area contributed by atoms with Gasteiger partial charge in [-0.2, -0.15) is 0 Å². The summed E-state index contributed by atoms with van der Waals surface area (Å²) in [5, 5.41) is 8.88. The van der Waals surface area contributed by atoms with Gasteiger partial charge in [0, 0.05) is 23.9 Å². The molecule has 2 rings (SSSR count). The third-order valence-corrected chi connectivity index (χ3v) is 2.77. The molecule has 0 spiro atoms. The molecule has 4 nitrogen and oxygen atoms in total. The van der Waals surface area contributed by atoms with Crippen molar-refractivity contribution in [3.05, 3.63) is 65.5 Å². The minimum atomic E-state index is -1.03. The number of nitrogens with zero attached hydrogens (tertiary/aromatic N) is 1. The molecule has 1 aromatic carbocycles. The zero-order valence-electron chi connectivity index (χ0n) is 10.2. The standard InChI is InChI=1S/C15H13NO3/c17-14(8-7-13-6-1-2-9-16-13)11-4-3-5-12(10-11)15(18)19/h1-6,9-10H,7-8H2,(H,18,19). The van der Waals surface area contributed by atoms with Crippen molar-refractivity contribution in [2.45, 2.75) is 12.8 Å². The number of ketones is 1. The molecule has 0 atom stereocenters. The maximum Gasteiger partial charge on any atom is 0.335 e. The quantitative estimate of drug-likeness (QED) is 0.834. The Morgan fingerprint density at radius 2 is 1.84 bits per heavy atom. The summed E-state index contributed by atoms with van der Waals surface area (Å²) in [6.07, 6.45) is 2.56. The molecule has 19 heavy (non-hydrogen) atoms. The number of aryl methyl sites for hydroxylation is 1. The molecule has 2 aromatic rings. The monoisotopic (exact) mass is 255 g/mol. The van der Waals surface area contributed by atoms with Crippen LogP contribution in [0.1, 0.15) is 32.8 Å². The lowest BCUT2D eigenvalue weighted by atomic mass is 10.0. The van der Waals surface area contributed by atoms with E-state index in [-0.39, 0.29) is 11.3 Å². The summed E-state index contributed by atoms with van der Waals surface area (Å²) in [7, 11) is 0. The highest BCUT2D eigenvalue weighted by Gasteiger charge is 2.09. The molecule has 96 valence electrons. The molecular formula is C15H13NO3. The van der Waals surface area contributed by atoms with Crippen molar-refractivity contribution in [3.63, 3.8) is 0 Å². The first-order valence-corrected chi connectivity index (χ1v) is 5.93. The van der Waals surface area contributed by atoms with Crippen LogP contribution < -0.4 is 0 Å². The Bertz CT molecular complexity index is 593. The van der Waals surface area contributed by atoms with E-state index in [1.807, 2.05) is 18.2 Å². The number of carbonyl (C=O) groups is 2. The lowest BCUT2D eigenvalue weighted by molar-refractivity contribution is 0.0697. The third-order valence-electron chi connectivity index (χ3n) is 2.77. The average molecular weight is 255 g/mol. The van der Waals surface area contributed by atoms with Crippen LogP contribution in [0, 0.1) is 0 Å². The molecule has 0 saturated carbocycles. The Morgan fingerprint density at radius 3 is 2.53 bits per heavy atom. The number of pyridine rings is 1. The fraction of sp³-hybridized carbons (Fsp3) is 0.133. The van der Waals surface area contributed by atoms with E-state index in [2.05, 4.69) is 4.98 Å². The number of Topliss-reactive ketones (excluding diaryl/α,β-unsaturated/α-hetero) is 1. The number of benzene rings is 1. The second-order valence-electron chi connectivity index (χ2n) is 4.13. The molecule has 4 heteroatoms. The van der Waals surface area contributed by atoms with Gasteiger partial charge in [0.15, 0.2) is 5.78 Å². The molecule has 0 fully saturated rings. The van der Waals surface area contributed by atoms with Crippen LogP contribution in [-0.2, 0) is 6.42 Å². The second-order valence-corrected chi connectivity index (χ2v) is 4.13. The smallest absolute Gasteiger partial charge is 0.335 e. The van der Waals surface area contributed by atoms with Gasteiger partial charge in [-0.25, -0.2) is 4.79 Å². The van der Waals surface area contributed by atoms with Gasteiger partial charge in [-0.15, -0.1) is 0 Å². The molecule has 0 bridgehead atoms. The summed E-state index contributed by atoms with van der Waals surface area (Å²) < 4.78 is 0. The first kappa shape index (κ1) is 13.0. The van der Waals surface area contributed by atoms with E-state index in [4.69, 9.17) is 5.11 Å². The van der Waals surface area contributed by atoms with E-state index in [0.29, 0.717) is 18.4 Å². The predicted octanol–water partition coefficient (Wildman–Crippen LogP) is 2.60. The fourth-order valence-electron chi connectivity index (χ4n) is 1.76. The van der Waals surface area contributed by atoms with Crippen molar-refractivity contribution < 1.29 is 14.7 Å². The van der Waals surface area contributed by atoms with Gasteiger partial charge in [0.05, 0.1) is 5.56 Å². The second kappa shape index (κ2) is 5.91. The Labute approximate surface area is 110 Å². The third kappa shape index (κ3) is 3.48. The Balaban J connectivity index is 2.04. The number of hydrogen-bond acceptors (Lipinski definition) is 3. The number of aromatic nitrogens is 1. The van der Waals surface area contributed by atoms with Crippen molar-refractivity contribution in [1.82, 2.24) is 4.98 Å². The average Bonchev–Trinajstić information content (AvgIpc) is 2.46. The van der Waals surface area contributed by atoms with Crippen LogP contribution in [0.3, 0.4) is 0 Å². The molecule has 0 saturated heterocycles. The lowest BCUT2D eigenvalue weighted by Gasteiger charge is -2.02. The van der Waals surface area contributed by atoms with Gasteiger partial charge in [-0.05, 0) is 30.7 Å². The molecule has 1 N–H and O–H groups in total. The molecule has 0 aliphatic carbocycles. The minimum Gasteiger partial charge on any atom is -0.478 e. The molecular weight excluding hydrogens is 242 g/mol. The topological polar surface area (TPSA) is 67.3 Å². The number of carboxylic acid groups (broad SMARTS) is 1. The van der Waals surface area contributed by atoms with Crippen molar-refractivity contribution in [2.75, 3.05) is 0 Å². The summed E-state index contributed by atoms with van der Waals surface area (Å²) in [4.78, 5) is 26.9. The summed E-state index contributed by atoms with van der Waals surface area (Å²) in [6, 6.07) is 11.6. The predicted molar refractivity (Wildman–Crippen MR) is 70.3 cm³/mol. The van der Waals surface area contributed by atoms with Crippen molar-refractivity contribution in [3.8, 4) is 0 Å². The number of hydrogen-bond donors (Lipinski definition) is 1. The Hall–Kier alpha value is -2.49. The number of rotatable bonds is 5. The largest absolute Gasteiger partial charge is 0.478 e. The van der Waals surface area contributed by atoms with Gasteiger partial charge < -0.3 is 5.11 Å². The van der Waals surface area contributed by atoms with Gasteiger partial charge in [-0.3, -0.25) is 9.78 Å². The van der Waals surface area contributed by atoms with Crippen LogP contribution in [0.15, 0.2) is 48.7 Å². The fourth-order valence-corrected chi connectivity index (χ4v) is 1.76. The molecule has 0 amide bonds. The van der Waals surface area contributed by atoms with Crippen LogP contribution in [0.25, 0.3) is 0 Å². The molecule has 1 aromatic heterocycles. The van der Waals surface area contributed by atoms with Gasteiger partial charge in [-0.1, -0.05) is 18.2 Å². The van der Waals surface area contributed by atoms with Crippen LogP contribution in [-0.4, -0.2) is 21.8 Å². The maximum atomic E-state index is 12.0. The highest BCUT2D eigenvalue weighted by molar-refractivity contribution is 5.98. The van der Waals surface area contributed by atoms with E-state index in [1.165, 1.54) is 12.1 Å². The molecule has 0 aliphatic rings. The van der Waals surface area contributed by atoms with E-state index in [1.54, 1.807) is 18.3 Å². The SMILES string of the molecule is O=C(O)c1cccc(C(=O)CCc2ccccn2)c1. The van der Waals surface area contributed by atoms with Crippen LogP contribution >= 0.6 is 0 Å². The summed E-state index contributed by atoms with van der Waals surface area (Å²) >= 11 is 0. The lowest BCUT2D eigenvalue weighted by Crippen LogP contribution is -2.04. The minimum absolute atomic E-state index is 0.0752. The molecule has 0 unspecified atom stereocenters. The maximum absolute atomic E-state index is 12.0. The number of carboxylic acids is 1. The highest BCUT2D eigenvalue weighted by Crippen LogP contribution is 2.10. The van der Waals surface area contributed by atoms with Gasteiger partial charge in [0.2, 0.25) is 0 Å². The van der Waals surface area contributed by atoms with E-state index in [0.717, 1.165) is 5.69 Å². The van der Waals surface area contributed by atoms with Crippen LogP contribution in [0.2, 0.25) is 0 Å². The normalized spacial score (nSPS) is 10.1. The van der Waals surface area contributed by atoms with Gasteiger partial charge in [0.25, 0.3) is 0 Å². The number of carbonyl (C=O) groups excluding carboxylic acids is 1. The molecule has 0 aliphatic heterocycles.